The van der Waals surface area contributed by atoms with Crippen LogP contribution in [0.25, 0.3) is 30.4 Å². The largest absolute Gasteiger partial charge is 0.233 e. The van der Waals surface area contributed by atoms with E-state index in [1.807, 2.05) is 6.07 Å². The summed E-state index contributed by atoms with van der Waals surface area (Å²) in [7, 11) is 0. The molecule has 0 fully saturated rings. The molecule has 0 aliphatic heterocycles. The highest BCUT2D eigenvalue weighted by Gasteiger charge is 2.13. The van der Waals surface area contributed by atoms with Crippen LogP contribution in [0.5, 0.6) is 0 Å². The van der Waals surface area contributed by atoms with Gasteiger partial charge in [0.05, 0.1) is 20.4 Å². The fourth-order valence-electron chi connectivity index (χ4n) is 2.31. The van der Waals surface area contributed by atoms with E-state index >= 15 is 0 Å². The van der Waals surface area contributed by atoms with Crippen molar-refractivity contribution in [1.82, 2.24) is 9.97 Å². The highest BCUT2D eigenvalue weighted by Crippen LogP contribution is 2.37. The first-order valence-corrected chi connectivity index (χ1v) is 8.08. The van der Waals surface area contributed by atoms with Crippen LogP contribution in [0.3, 0.4) is 0 Å². The zero-order valence-electron chi connectivity index (χ0n) is 11.2. The summed E-state index contributed by atoms with van der Waals surface area (Å²) in [5.74, 6) is 0. The first-order chi connectivity index (χ1) is 9.72. The van der Waals surface area contributed by atoms with Crippen LogP contribution in [0.15, 0.2) is 36.4 Å². The number of aromatic nitrogens is 2. The van der Waals surface area contributed by atoms with Crippen molar-refractivity contribution in [3.8, 4) is 10.0 Å². The lowest BCUT2D eigenvalue weighted by molar-refractivity contribution is 1.38. The average molecular weight is 296 g/mol. The number of hydrogen-bond donors (Lipinski definition) is 0. The van der Waals surface area contributed by atoms with Crippen molar-refractivity contribution >= 4 is 43.1 Å². The summed E-state index contributed by atoms with van der Waals surface area (Å²) in [6, 6.07) is 12.5. The summed E-state index contributed by atoms with van der Waals surface area (Å²) in [5.41, 5.74) is 4.69. The Kier molecular flexibility index (Phi) is 2.62. The fourth-order valence-corrected chi connectivity index (χ4v) is 4.41. The molecule has 2 heterocycles. The molecule has 0 saturated heterocycles. The van der Waals surface area contributed by atoms with E-state index in [4.69, 9.17) is 9.97 Å². The molecule has 0 spiro atoms. The highest BCUT2D eigenvalue weighted by atomic mass is 32.1. The summed E-state index contributed by atoms with van der Waals surface area (Å²) >= 11 is 3.46. The molecule has 0 atom stereocenters. The maximum absolute atomic E-state index is 4.81. The molecular formula is C16H12N2S2. The Morgan fingerprint density at radius 3 is 2.35 bits per heavy atom. The summed E-state index contributed by atoms with van der Waals surface area (Å²) in [6.45, 7) is 4.26. The Balaban J connectivity index is 1.98. The van der Waals surface area contributed by atoms with Crippen LogP contribution in [-0.2, 0) is 0 Å². The average Bonchev–Trinajstić information content (AvgIpc) is 3.06. The quantitative estimate of drug-likeness (QED) is 0.483. The number of fused-ring (bicyclic) bond motifs is 2. The van der Waals surface area contributed by atoms with Gasteiger partial charge in [-0.05, 0) is 37.1 Å². The van der Waals surface area contributed by atoms with E-state index in [0.29, 0.717) is 0 Å². The molecule has 0 bridgehead atoms. The van der Waals surface area contributed by atoms with Gasteiger partial charge in [0.15, 0.2) is 10.0 Å². The van der Waals surface area contributed by atoms with E-state index in [-0.39, 0.29) is 0 Å². The predicted molar refractivity (Wildman–Crippen MR) is 87.7 cm³/mol. The normalized spacial score (nSPS) is 11.5. The van der Waals surface area contributed by atoms with Gasteiger partial charge in [-0.3, -0.25) is 0 Å². The first kappa shape index (κ1) is 12.0. The van der Waals surface area contributed by atoms with E-state index in [0.717, 1.165) is 21.0 Å². The van der Waals surface area contributed by atoms with Crippen molar-refractivity contribution < 1.29 is 0 Å². The van der Waals surface area contributed by atoms with Crippen LogP contribution in [0.1, 0.15) is 11.1 Å². The molecule has 0 unspecified atom stereocenters. The Labute approximate surface area is 124 Å². The number of benzene rings is 2. The van der Waals surface area contributed by atoms with Gasteiger partial charge in [-0.25, -0.2) is 9.97 Å². The van der Waals surface area contributed by atoms with E-state index in [2.05, 4.69) is 44.2 Å². The van der Waals surface area contributed by atoms with Crippen molar-refractivity contribution in [3.63, 3.8) is 0 Å². The van der Waals surface area contributed by atoms with Crippen LogP contribution in [0.2, 0.25) is 0 Å². The van der Waals surface area contributed by atoms with Crippen LogP contribution in [-0.4, -0.2) is 9.97 Å². The van der Waals surface area contributed by atoms with Crippen LogP contribution >= 0.6 is 22.7 Å². The Bertz CT molecular complexity index is 862. The minimum absolute atomic E-state index is 1.02. The topological polar surface area (TPSA) is 25.8 Å². The molecule has 2 aromatic carbocycles. The van der Waals surface area contributed by atoms with E-state index < -0.39 is 0 Å². The van der Waals surface area contributed by atoms with Gasteiger partial charge in [-0.2, -0.15) is 0 Å². The van der Waals surface area contributed by atoms with Crippen LogP contribution in [0, 0.1) is 13.8 Å². The van der Waals surface area contributed by atoms with Gasteiger partial charge in [-0.15, -0.1) is 22.7 Å². The minimum atomic E-state index is 1.02. The minimum Gasteiger partial charge on any atom is -0.233 e. The lowest BCUT2D eigenvalue weighted by atomic mass is 10.1. The molecule has 0 saturated carbocycles. The fraction of sp³-hybridized carbons (Fsp3) is 0.125. The Morgan fingerprint density at radius 2 is 1.55 bits per heavy atom. The lowest BCUT2D eigenvalue weighted by Gasteiger charge is -1.96. The molecule has 20 heavy (non-hydrogen) atoms. The van der Waals surface area contributed by atoms with Gasteiger partial charge >= 0.3 is 0 Å². The van der Waals surface area contributed by atoms with Gasteiger partial charge in [0.25, 0.3) is 0 Å². The third-order valence-electron chi connectivity index (χ3n) is 3.42. The smallest absolute Gasteiger partial charge is 0.153 e. The number of aryl methyl sites for hydroxylation is 2. The van der Waals surface area contributed by atoms with Crippen molar-refractivity contribution in [1.29, 1.82) is 0 Å². The SMILES string of the molecule is Cc1ccc(C)c2sc(-c3nc4ccccc4s3)nc12. The van der Waals surface area contributed by atoms with Gasteiger partial charge in [0.2, 0.25) is 0 Å². The number of rotatable bonds is 1. The van der Waals surface area contributed by atoms with Gasteiger partial charge < -0.3 is 0 Å². The Hall–Kier alpha value is -1.78. The molecule has 0 radical (unpaired) electrons. The first-order valence-electron chi connectivity index (χ1n) is 6.45. The predicted octanol–water partition coefficient (Wildman–Crippen LogP) is 5.19. The summed E-state index contributed by atoms with van der Waals surface area (Å²) < 4.78 is 2.49. The molecule has 0 amide bonds. The maximum Gasteiger partial charge on any atom is 0.153 e. The molecule has 0 aliphatic rings. The maximum atomic E-state index is 4.81. The van der Waals surface area contributed by atoms with Crippen molar-refractivity contribution in [2.75, 3.05) is 0 Å². The standard InChI is InChI=1S/C16H12N2S2/c1-9-7-8-10(2)14-13(9)18-16(20-14)15-17-11-5-3-4-6-12(11)19-15/h3-8H,1-2H3. The van der Waals surface area contributed by atoms with E-state index in [9.17, 15) is 0 Å². The lowest BCUT2D eigenvalue weighted by Crippen LogP contribution is -1.79. The second kappa shape index (κ2) is 4.36. The third kappa shape index (κ3) is 1.76. The zero-order valence-corrected chi connectivity index (χ0v) is 12.8. The molecule has 4 heteroatoms. The van der Waals surface area contributed by atoms with E-state index in [1.165, 1.54) is 20.5 Å². The molecule has 2 nitrogen and oxygen atoms in total. The third-order valence-corrected chi connectivity index (χ3v) is 5.79. The number of para-hydroxylation sites is 1. The molecular weight excluding hydrogens is 284 g/mol. The molecule has 4 rings (SSSR count). The molecule has 4 aromatic rings. The second-order valence-corrected chi connectivity index (χ2v) is 6.91. The monoisotopic (exact) mass is 296 g/mol. The highest BCUT2D eigenvalue weighted by molar-refractivity contribution is 7.27. The summed E-state index contributed by atoms with van der Waals surface area (Å²) in [4.78, 5) is 9.51. The summed E-state index contributed by atoms with van der Waals surface area (Å²) in [5, 5.41) is 2.05. The molecule has 2 aromatic heterocycles. The number of thiazole rings is 2. The zero-order chi connectivity index (χ0) is 13.7. The van der Waals surface area contributed by atoms with Gasteiger partial charge in [0.1, 0.15) is 0 Å². The van der Waals surface area contributed by atoms with Crippen molar-refractivity contribution in [3.05, 3.63) is 47.5 Å². The van der Waals surface area contributed by atoms with Gasteiger partial charge in [-0.1, -0.05) is 24.3 Å². The second-order valence-electron chi connectivity index (χ2n) is 4.88. The van der Waals surface area contributed by atoms with E-state index in [1.54, 1.807) is 22.7 Å². The summed E-state index contributed by atoms with van der Waals surface area (Å²) in [6.07, 6.45) is 0. The molecule has 0 aliphatic carbocycles. The van der Waals surface area contributed by atoms with Crippen LogP contribution in [0.4, 0.5) is 0 Å². The number of nitrogens with zero attached hydrogens (tertiary/aromatic N) is 2. The van der Waals surface area contributed by atoms with Crippen molar-refractivity contribution in [2.45, 2.75) is 13.8 Å². The van der Waals surface area contributed by atoms with Gasteiger partial charge in [0, 0.05) is 0 Å². The molecule has 98 valence electrons. The Morgan fingerprint density at radius 1 is 0.800 bits per heavy atom. The molecule has 0 N–H and O–H groups in total. The number of hydrogen-bond acceptors (Lipinski definition) is 4. The van der Waals surface area contributed by atoms with Crippen LogP contribution < -0.4 is 0 Å². The van der Waals surface area contributed by atoms with Crippen molar-refractivity contribution in [2.24, 2.45) is 0 Å².